The van der Waals surface area contributed by atoms with Gasteiger partial charge in [0.15, 0.2) is 6.61 Å². The van der Waals surface area contributed by atoms with Gasteiger partial charge in [-0.25, -0.2) is 4.68 Å². The Hall–Kier alpha value is -3.60. The first-order valence-electron chi connectivity index (χ1n) is 9.29. The zero-order valence-electron chi connectivity index (χ0n) is 16.2. The van der Waals surface area contributed by atoms with Gasteiger partial charge >= 0.3 is 6.18 Å². The lowest BCUT2D eigenvalue weighted by Crippen LogP contribution is -2.29. The van der Waals surface area contributed by atoms with E-state index in [9.17, 15) is 22.8 Å². The molecule has 0 unspecified atom stereocenters. The van der Waals surface area contributed by atoms with Crippen molar-refractivity contribution in [1.82, 2.24) is 14.8 Å². The van der Waals surface area contributed by atoms with Crippen LogP contribution in [0.1, 0.15) is 23.6 Å². The fourth-order valence-corrected chi connectivity index (χ4v) is 3.46. The largest absolute Gasteiger partial charge is 0.482 e. The molecule has 0 aliphatic carbocycles. The van der Waals surface area contributed by atoms with Gasteiger partial charge in [0.1, 0.15) is 12.1 Å². The summed E-state index contributed by atoms with van der Waals surface area (Å²) in [5.41, 5.74) is -0.187. The third kappa shape index (κ3) is 4.67. The van der Waals surface area contributed by atoms with Crippen LogP contribution in [0, 0.1) is 0 Å². The van der Waals surface area contributed by atoms with Gasteiger partial charge < -0.3 is 10.1 Å². The lowest BCUT2D eigenvalue weighted by atomic mass is 10.0. The Labute approximate surface area is 184 Å². The van der Waals surface area contributed by atoms with E-state index in [0.29, 0.717) is 11.5 Å². The number of anilines is 2. The maximum absolute atomic E-state index is 12.8. The Morgan fingerprint density at radius 3 is 2.84 bits per heavy atom. The second kappa shape index (κ2) is 8.50. The number of fused-ring (bicyclic) bond motifs is 1. The summed E-state index contributed by atoms with van der Waals surface area (Å²) in [5, 5.41) is 9.28. The van der Waals surface area contributed by atoms with Gasteiger partial charge in [-0.2, -0.15) is 23.3 Å². The molecule has 2 N–H and O–H groups in total. The van der Waals surface area contributed by atoms with Crippen molar-refractivity contribution < 1.29 is 27.5 Å². The van der Waals surface area contributed by atoms with Gasteiger partial charge in [-0.1, -0.05) is 23.7 Å². The first kappa shape index (κ1) is 21.6. The Morgan fingerprint density at radius 1 is 1.28 bits per heavy atom. The second-order valence-corrected chi connectivity index (χ2v) is 7.31. The molecule has 3 aromatic rings. The molecular formula is C20H15ClF3N5O3. The molecule has 0 spiro atoms. The van der Waals surface area contributed by atoms with Crippen molar-refractivity contribution in [3.63, 3.8) is 0 Å². The molecule has 12 heteroatoms. The third-order valence-electron chi connectivity index (χ3n) is 4.67. The number of benzene rings is 2. The van der Waals surface area contributed by atoms with E-state index in [-0.39, 0.29) is 28.8 Å². The fraction of sp³-hybridized carbons (Fsp3) is 0.200. The summed E-state index contributed by atoms with van der Waals surface area (Å²) >= 11 is 6.27. The van der Waals surface area contributed by atoms with Crippen molar-refractivity contribution in [2.45, 2.75) is 18.6 Å². The van der Waals surface area contributed by atoms with Gasteiger partial charge in [0.05, 0.1) is 23.0 Å². The summed E-state index contributed by atoms with van der Waals surface area (Å²) in [4.78, 5) is 28.0. The number of nitrogens with zero attached hydrogens (tertiary/aromatic N) is 3. The SMILES string of the molecule is O=C(COc1ccc([C@H]2CC(=O)Nc3ncnn32)cc1Cl)Nc1cccc(C(F)(F)F)c1. The molecule has 2 amide bonds. The van der Waals surface area contributed by atoms with Crippen molar-refractivity contribution in [3.05, 3.63) is 64.9 Å². The number of carbonyl (C=O) groups excluding carboxylic acids is 2. The molecule has 1 aromatic heterocycles. The summed E-state index contributed by atoms with van der Waals surface area (Å²) < 4.78 is 45.3. The van der Waals surface area contributed by atoms with Crippen LogP contribution in [-0.2, 0) is 15.8 Å². The highest BCUT2D eigenvalue weighted by Gasteiger charge is 2.30. The fourth-order valence-electron chi connectivity index (χ4n) is 3.22. The summed E-state index contributed by atoms with van der Waals surface area (Å²) in [6.07, 6.45) is -3.04. The van der Waals surface area contributed by atoms with Crippen LogP contribution in [0.3, 0.4) is 0 Å². The summed E-state index contributed by atoms with van der Waals surface area (Å²) in [6, 6.07) is 8.69. The normalized spacial score (nSPS) is 15.6. The molecule has 0 radical (unpaired) electrons. The van der Waals surface area contributed by atoms with Crippen LogP contribution in [0.25, 0.3) is 0 Å². The smallest absolute Gasteiger partial charge is 0.416 e. The van der Waals surface area contributed by atoms with Crippen molar-refractivity contribution in [3.8, 4) is 5.75 Å². The average molecular weight is 466 g/mol. The first-order chi connectivity index (χ1) is 15.2. The van der Waals surface area contributed by atoms with Crippen LogP contribution in [0.15, 0.2) is 48.8 Å². The molecule has 1 aliphatic heterocycles. The summed E-state index contributed by atoms with van der Waals surface area (Å²) in [7, 11) is 0. The van der Waals surface area contributed by atoms with Gasteiger partial charge in [0.25, 0.3) is 5.91 Å². The van der Waals surface area contributed by atoms with Gasteiger partial charge in [-0.05, 0) is 35.9 Å². The highest BCUT2D eigenvalue weighted by Crippen LogP contribution is 2.34. The number of aromatic nitrogens is 3. The molecule has 0 bridgehead atoms. The number of ether oxygens (including phenoxy) is 1. The van der Waals surface area contributed by atoms with E-state index in [1.807, 2.05) is 0 Å². The molecule has 0 saturated carbocycles. The number of alkyl halides is 3. The quantitative estimate of drug-likeness (QED) is 0.595. The van der Waals surface area contributed by atoms with Crippen LogP contribution in [0.2, 0.25) is 5.02 Å². The minimum Gasteiger partial charge on any atom is -0.482 e. The monoisotopic (exact) mass is 465 g/mol. The number of hydrogen-bond donors (Lipinski definition) is 2. The maximum atomic E-state index is 12.8. The Morgan fingerprint density at radius 2 is 2.09 bits per heavy atom. The zero-order chi connectivity index (χ0) is 22.9. The molecule has 4 rings (SSSR count). The minimum absolute atomic E-state index is 0.00548. The van der Waals surface area contributed by atoms with E-state index in [0.717, 1.165) is 12.1 Å². The molecule has 2 heterocycles. The average Bonchev–Trinajstić information content (AvgIpc) is 3.20. The highest BCUT2D eigenvalue weighted by molar-refractivity contribution is 6.32. The molecule has 0 saturated heterocycles. The topological polar surface area (TPSA) is 98.1 Å². The Kier molecular flexibility index (Phi) is 5.74. The number of amides is 2. The van der Waals surface area contributed by atoms with E-state index >= 15 is 0 Å². The molecular weight excluding hydrogens is 451 g/mol. The van der Waals surface area contributed by atoms with E-state index in [1.165, 1.54) is 18.5 Å². The summed E-state index contributed by atoms with van der Waals surface area (Å²) in [5.74, 6) is -0.332. The predicted molar refractivity (Wildman–Crippen MR) is 108 cm³/mol. The van der Waals surface area contributed by atoms with Crippen LogP contribution < -0.4 is 15.4 Å². The molecule has 8 nitrogen and oxygen atoms in total. The van der Waals surface area contributed by atoms with Crippen molar-refractivity contribution in [2.75, 3.05) is 17.2 Å². The van der Waals surface area contributed by atoms with Gasteiger partial charge in [-0.15, -0.1) is 0 Å². The van der Waals surface area contributed by atoms with Crippen molar-refractivity contribution >= 4 is 35.1 Å². The minimum atomic E-state index is -4.52. The van der Waals surface area contributed by atoms with Crippen LogP contribution in [0.4, 0.5) is 24.8 Å². The van der Waals surface area contributed by atoms with Gasteiger partial charge in [0.2, 0.25) is 11.9 Å². The number of rotatable bonds is 5. The maximum Gasteiger partial charge on any atom is 0.416 e. The molecule has 32 heavy (non-hydrogen) atoms. The Bertz CT molecular complexity index is 1180. The molecule has 166 valence electrons. The third-order valence-corrected chi connectivity index (χ3v) is 4.97. The van der Waals surface area contributed by atoms with E-state index in [1.54, 1.807) is 22.9 Å². The van der Waals surface area contributed by atoms with E-state index < -0.39 is 30.3 Å². The number of halogens is 4. The van der Waals surface area contributed by atoms with Crippen LogP contribution in [0.5, 0.6) is 5.75 Å². The number of carbonyl (C=O) groups is 2. The Balaban J connectivity index is 1.41. The molecule has 1 atom stereocenters. The number of hydrogen-bond acceptors (Lipinski definition) is 5. The van der Waals surface area contributed by atoms with E-state index in [4.69, 9.17) is 16.3 Å². The molecule has 1 aliphatic rings. The first-order valence-corrected chi connectivity index (χ1v) is 9.67. The van der Waals surface area contributed by atoms with E-state index in [2.05, 4.69) is 20.7 Å². The standard InChI is InChI=1S/C20H15ClF3N5O3/c21-14-6-11(15-8-17(30)28-19-25-10-26-29(15)19)4-5-16(14)32-9-18(31)27-13-3-1-2-12(7-13)20(22,23)24/h1-7,10,15H,8-9H2,(H,27,31)(H,25,26,28,30)/t15-/m1/s1. The zero-order valence-corrected chi connectivity index (χ0v) is 16.9. The van der Waals surface area contributed by atoms with Crippen LogP contribution >= 0.6 is 11.6 Å². The molecule has 0 fully saturated rings. The summed E-state index contributed by atoms with van der Waals surface area (Å²) in [6.45, 7) is -0.464. The lowest BCUT2D eigenvalue weighted by molar-refractivity contribution is -0.137. The highest BCUT2D eigenvalue weighted by atomic mass is 35.5. The lowest BCUT2D eigenvalue weighted by Gasteiger charge is -2.24. The van der Waals surface area contributed by atoms with Crippen molar-refractivity contribution in [1.29, 1.82) is 0 Å². The van der Waals surface area contributed by atoms with Crippen LogP contribution in [-0.4, -0.2) is 33.2 Å². The van der Waals surface area contributed by atoms with Crippen molar-refractivity contribution in [2.24, 2.45) is 0 Å². The number of nitrogens with one attached hydrogen (secondary N) is 2. The molecule has 2 aromatic carbocycles. The second-order valence-electron chi connectivity index (χ2n) is 6.90. The predicted octanol–water partition coefficient (Wildman–Crippen LogP) is 3.90. The van der Waals surface area contributed by atoms with Gasteiger partial charge in [-0.3, -0.25) is 14.9 Å². The van der Waals surface area contributed by atoms with Gasteiger partial charge in [0, 0.05) is 5.69 Å².